The lowest BCUT2D eigenvalue weighted by Gasteiger charge is -2.33. The number of amides is 2. The van der Waals surface area contributed by atoms with E-state index in [9.17, 15) is 13.8 Å². The fourth-order valence-electron chi connectivity index (χ4n) is 4.14. The highest BCUT2D eigenvalue weighted by molar-refractivity contribution is 7.84. The third kappa shape index (κ3) is 9.10. The molecule has 38 heavy (non-hydrogen) atoms. The van der Waals surface area contributed by atoms with E-state index in [1.54, 1.807) is 13.3 Å². The molecule has 2 aromatic rings. The van der Waals surface area contributed by atoms with E-state index in [1.165, 1.54) is 10.5 Å². The quantitative estimate of drug-likeness (QED) is 0.345. The molecule has 208 valence electrons. The van der Waals surface area contributed by atoms with Crippen LogP contribution in [0.2, 0.25) is 5.15 Å². The first-order chi connectivity index (χ1) is 18.1. The summed E-state index contributed by atoms with van der Waals surface area (Å²) in [4.78, 5) is 36.5. The van der Waals surface area contributed by atoms with Gasteiger partial charge in [0.15, 0.2) is 29.1 Å². The molecule has 0 aliphatic carbocycles. The zero-order chi connectivity index (χ0) is 27.7. The van der Waals surface area contributed by atoms with Gasteiger partial charge >= 0.3 is 0 Å². The number of nitrogen functional groups attached to an aromatic ring is 2. The van der Waals surface area contributed by atoms with Crippen LogP contribution in [0.15, 0.2) is 24.3 Å². The van der Waals surface area contributed by atoms with Crippen LogP contribution in [-0.2, 0) is 22.0 Å². The highest BCUT2D eigenvalue weighted by Crippen LogP contribution is 2.19. The predicted octanol–water partition coefficient (Wildman–Crippen LogP) is 1.34. The molecule has 0 saturated carbocycles. The molecule has 1 aromatic heterocycles. The highest BCUT2D eigenvalue weighted by atomic mass is 35.5. The number of hydrogen-bond acceptors (Lipinski definition) is 9. The number of rotatable bonds is 12. The first-order valence-corrected chi connectivity index (χ1v) is 14.6. The van der Waals surface area contributed by atoms with Gasteiger partial charge in [-0.2, -0.15) is 0 Å². The van der Waals surface area contributed by atoms with E-state index < -0.39 is 16.7 Å². The number of carbonyl (C=O) groups is 2. The number of carbonyl (C=O) groups excluding carboxylic acids is 2. The minimum absolute atomic E-state index is 0.00645. The molecule has 2 amide bonds. The van der Waals surface area contributed by atoms with Gasteiger partial charge in [0, 0.05) is 49.0 Å². The van der Waals surface area contributed by atoms with Crippen molar-refractivity contribution >= 4 is 45.9 Å². The van der Waals surface area contributed by atoms with Gasteiger partial charge in [-0.1, -0.05) is 23.7 Å². The van der Waals surface area contributed by atoms with Crippen LogP contribution in [0, 0.1) is 0 Å². The summed E-state index contributed by atoms with van der Waals surface area (Å²) in [6.07, 6.45) is 5.34. The van der Waals surface area contributed by atoms with Crippen LogP contribution < -0.4 is 21.5 Å². The van der Waals surface area contributed by atoms with E-state index in [0.29, 0.717) is 18.0 Å². The van der Waals surface area contributed by atoms with Gasteiger partial charge in [0.1, 0.15) is 5.75 Å². The topological polar surface area (TPSA) is 157 Å². The van der Waals surface area contributed by atoms with Crippen molar-refractivity contribution in [2.75, 3.05) is 63.3 Å². The normalized spacial score (nSPS) is 16.6. The Kier molecular flexibility index (Phi) is 11.1. The Labute approximate surface area is 230 Å². The summed E-state index contributed by atoms with van der Waals surface area (Å²) in [6, 6.07) is 7.73. The maximum atomic E-state index is 12.6. The molecule has 1 aromatic carbocycles. The summed E-state index contributed by atoms with van der Waals surface area (Å²) >= 11 is 5.90. The molecular weight excluding hydrogens is 530 g/mol. The van der Waals surface area contributed by atoms with Gasteiger partial charge in [0.05, 0.1) is 0 Å². The second-order valence-corrected chi connectivity index (χ2v) is 11.3. The monoisotopic (exact) mass is 565 g/mol. The van der Waals surface area contributed by atoms with Gasteiger partial charge in [-0.15, -0.1) is 0 Å². The third-order valence-corrected chi connectivity index (χ3v) is 7.36. The van der Waals surface area contributed by atoms with Crippen molar-refractivity contribution in [3.63, 3.8) is 0 Å². The maximum absolute atomic E-state index is 12.6. The van der Waals surface area contributed by atoms with E-state index in [-0.39, 0.29) is 41.0 Å². The van der Waals surface area contributed by atoms with Crippen LogP contribution in [0.25, 0.3) is 0 Å². The molecule has 2 atom stereocenters. The maximum Gasteiger partial charge on any atom is 0.274 e. The van der Waals surface area contributed by atoms with E-state index in [2.05, 4.69) is 20.2 Å². The van der Waals surface area contributed by atoms with E-state index in [4.69, 9.17) is 27.8 Å². The van der Waals surface area contributed by atoms with Crippen molar-refractivity contribution in [1.29, 1.82) is 0 Å². The molecule has 0 spiro atoms. The number of nitrogens with zero attached hydrogens (tertiary/aromatic N) is 4. The van der Waals surface area contributed by atoms with Gasteiger partial charge in [-0.3, -0.25) is 13.8 Å². The summed E-state index contributed by atoms with van der Waals surface area (Å²) < 4.78 is 16.8. The third-order valence-electron chi connectivity index (χ3n) is 6.33. The lowest BCUT2D eigenvalue weighted by atomic mass is 10.0. The van der Waals surface area contributed by atoms with Crippen LogP contribution >= 0.6 is 11.6 Å². The Morgan fingerprint density at radius 3 is 2.68 bits per heavy atom. The zero-order valence-corrected chi connectivity index (χ0v) is 23.4. The lowest BCUT2D eigenvalue weighted by Crippen LogP contribution is -2.48. The number of likely N-dealkylation sites (N-methyl/N-ethyl adjacent to an activating group) is 1. The fourth-order valence-corrected chi connectivity index (χ4v) is 4.80. The number of likely N-dealkylation sites (tertiary alicyclic amines) is 1. The van der Waals surface area contributed by atoms with Crippen LogP contribution in [0.4, 0.5) is 11.6 Å². The number of aryl methyl sites for hydroxylation is 1. The summed E-state index contributed by atoms with van der Waals surface area (Å²) in [6.45, 7) is 3.01. The zero-order valence-electron chi connectivity index (χ0n) is 21.8. The number of ether oxygens (including phenoxy) is 1. The number of anilines is 2. The first kappa shape index (κ1) is 29.6. The number of halogens is 1. The number of nitrogens with one attached hydrogen (secondary N) is 1. The minimum atomic E-state index is -0.935. The smallest absolute Gasteiger partial charge is 0.274 e. The van der Waals surface area contributed by atoms with Crippen LogP contribution in [0.3, 0.4) is 0 Å². The van der Waals surface area contributed by atoms with Crippen molar-refractivity contribution in [2.24, 2.45) is 0 Å². The van der Waals surface area contributed by atoms with Gasteiger partial charge in [-0.05, 0) is 56.5 Å². The van der Waals surface area contributed by atoms with Crippen molar-refractivity contribution in [3.05, 3.63) is 40.7 Å². The first-order valence-electron chi connectivity index (χ1n) is 12.5. The van der Waals surface area contributed by atoms with E-state index in [1.807, 2.05) is 24.3 Å². The number of hydrogen-bond donors (Lipinski definition) is 3. The number of piperidine rings is 1. The average Bonchev–Trinajstić information content (AvgIpc) is 2.88. The molecule has 11 nitrogen and oxygen atoms in total. The van der Waals surface area contributed by atoms with Crippen molar-refractivity contribution in [2.45, 2.75) is 31.7 Å². The van der Waals surface area contributed by atoms with Crippen molar-refractivity contribution < 1.29 is 18.5 Å². The molecule has 1 saturated heterocycles. The average molecular weight is 566 g/mol. The molecule has 1 aliphatic rings. The number of nitrogens with two attached hydrogens (primary N) is 2. The van der Waals surface area contributed by atoms with Crippen molar-refractivity contribution in [3.8, 4) is 5.75 Å². The molecule has 0 bridgehead atoms. The largest absolute Gasteiger partial charge is 0.484 e. The van der Waals surface area contributed by atoms with E-state index in [0.717, 1.165) is 45.3 Å². The lowest BCUT2D eigenvalue weighted by molar-refractivity contribution is -0.131. The van der Waals surface area contributed by atoms with Crippen LogP contribution in [-0.4, -0.2) is 93.7 Å². The van der Waals surface area contributed by atoms with Gasteiger partial charge in [0.2, 0.25) is 0 Å². The molecule has 1 aliphatic heterocycles. The Morgan fingerprint density at radius 1 is 1.24 bits per heavy atom. The SMILES string of the molecule is CN(CCS(C)=O)C(=O)COc1ccc(CCCN2CCCC(NC(=O)c3nc(Cl)c(N)nc3N)C2)cc1. The van der Waals surface area contributed by atoms with E-state index >= 15 is 0 Å². The Bertz CT molecular complexity index is 1140. The standard InChI is InChI=1S/C25H36ClN7O4S/c1-32(13-14-38(2)36)20(34)16-37-19-9-7-17(8-10-19)5-3-11-33-12-4-6-18(15-33)29-25(35)21-23(27)31-24(28)22(26)30-21/h7-10,18H,3-6,11-16H2,1-2H3,(H,29,35)(H4,27,28,31). The van der Waals surface area contributed by atoms with Gasteiger partial charge < -0.3 is 31.3 Å². The molecule has 2 unspecified atom stereocenters. The highest BCUT2D eigenvalue weighted by Gasteiger charge is 2.24. The Hall–Kier alpha value is -2.96. The molecule has 1 fully saturated rings. The van der Waals surface area contributed by atoms with Gasteiger partial charge in [0.25, 0.3) is 11.8 Å². The molecular formula is C25H36ClN7O4S. The number of benzene rings is 1. The number of aromatic nitrogens is 2. The predicted molar refractivity (Wildman–Crippen MR) is 150 cm³/mol. The van der Waals surface area contributed by atoms with Crippen molar-refractivity contribution in [1.82, 2.24) is 25.1 Å². The molecule has 13 heteroatoms. The Balaban J connectivity index is 1.39. The van der Waals surface area contributed by atoms with Gasteiger partial charge in [-0.25, -0.2) is 9.97 Å². The second-order valence-electron chi connectivity index (χ2n) is 9.38. The Morgan fingerprint density at radius 2 is 1.97 bits per heavy atom. The molecule has 2 heterocycles. The fraction of sp³-hybridized carbons (Fsp3) is 0.520. The molecule has 5 N–H and O–H groups in total. The van der Waals surface area contributed by atoms with Crippen LogP contribution in [0.5, 0.6) is 5.75 Å². The molecule has 0 radical (unpaired) electrons. The summed E-state index contributed by atoms with van der Waals surface area (Å²) in [7, 11) is 0.747. The summed E-state index contributed by atoms with van der Waals surface area (Å²) in [5.41, 5.74) is 12.6. The summed E-state index contributed by atoms with van der Waals surface area (Å²) in [5, 5.41) is 2.94. The van der Waals surface area contributed by atoms with Crippen LogP contribution in [0.1, 0.15) is 35.3 Å². The minimum Gasteiger partial charge on any atom is -0.484 e. The summed E-state index contributed by atoms with van der Waals surface area (Å²) in [5.74, 6) is 0.483. The second kappa shape index (κ2) is 14.3. The molecule has 3 rings (SSSR count).